The van der Waals surface area contributed by atoms with Crippen LogP contribution in [-0.2, 0) is 19.2 Å². The fourth-order valence-electron chi connectivity index (χ4n) is 4.17. The molecule has 1 aromatic rings. The Morgan fingerprint density at radius 3 is 2.85 bits per heavy atom. The Labute approximate surface area is 227 Å². The van der Waals surface area contributed by atoms with Crippen molar-refractivity contribution in [3.63, 3.8) is 0 Å². The van der Waals surface area contributed by atoms with Crippen LogP contribution in [0.25, 0.3) is 0 Å². The monoisotopic (exact) mass is 514 g/mol. The smallest absolute Gasteiger partial charge is 1.00 e. The zero-order chi connectivity index (χ0) is 23.1. The molecule has 0 bridgehead atoms. The molecule has 4 aliphatic rings. The summed E-state index contributed by atoms with van der Waals surface area (Å²) in [7, 11) is 0. The number of aromatic nitrogens is 3. The molecule has 3 aliphatic heterocycles. The van der Waals surface area contributed by atoms with E-state index in [9.17, 15) is 24.3 Å². The van der Waals surface area contributed by atoms with Gasteiger partial charge in [0, 0.05) is 24.4 Å². The van der Waals surface area contributed by atoms with E-state index in [1.54, 1.807) is 6.08 Å². The molecule has 0 radical (unpaired) electrons. The van der Waals surface area contributed by atoms with E-state index in [1.807, 2.05) is 4.90 Å². The summed E-state index contributed by atoms with van der Waals surface area (Å²) in [5.74, 6) is -1.07. The van der Waals surface area contributed by atoms with Gasteiger partial charge in [-0.05, 0) is 36.8 Å². The molecule has 1 aliphatic carbocycles. The van der Waals surface area contributed by atoms with Gasteiger partial charge in [0.2, 0.25) is 11.8 Å². The number of hydrogen-bond acceptors (Lipinski definition) is 8. The van der Waals surface area contributed by atoms with Crippen molar-refractivity contribution >= 4 is 47.2 Å². The van der Waals surface area contributed by atoms with E-state index in [1.165, 1.54) is 34.6 Å². The molecule has 34 heavy (non-hydrogen) atoms. The van der Waals surface area contributed by atoms with Gasteiger partial charge in [-0.15, -0.1) is 16.9 Å². The standard InChI is InChI=1S/C20H22N6O5S2.Na.H/c27-13(9-32-14-6-21-24-23-14)22-15-18(29)26-16(20(30)31)12(8-33-19(15)26)5-11-3-4-25(17(11)28)7-10-1-2-10;;/h5-6,10,15,19H,1-4,7-9H2,(H,22,27)(H,30,31)(H,21,23,24);;/q;+1;-1/b11-5+;;/t15-,19-;;/m1../s1. The number of H-pyrrole nitrogens is 1. The molecule has 2 atom stereocenters. The Bertz CT molecular complexity index is 1080. The molecule has 3 fully saturated rings. The maximum Gasteiger partial charge on any atom is 1.00 e. The summed E-state index contributed by atoms with van der Waals surface area (Å²) in [5.41, 5.74) is 0.943. The summed E-state index contributed by atoms with van der Waals surface area (Å²) in [5, 5.41) is 22.6. The van der Waals surface area contributed by atoms with Crippen LogP contribution < -0.4 is 34.9 Å². The summed E-state index contributed by atoms with van der Waals surface area (Å²) in [4.78, 5) is 52.8. The topological polar surface area (TPSA) is 149 Å². The molecule has 0 unspecified atom stereocenters. The summed E-state index contributed by atoms with van der Waals surface area (Å²) >= 11 is 2.56. The van der Waals surface area contributed by atoms with Crippen LogP contribution >= 0.6 is 23.5 Å². The number of carboxylic acids is 1. The van der Waals surface area contributed by atoms with E-state index in [4.69, 9.17) is 0 Å². The maximum absolute atomic E-state index is 12.8. The number of carbonyl (C=O) groups is 4. The van der Waals surface area contributed by atoms with Crippen molar-refractivity contribution in [2.75, 3.05) is 24.6 Å². The molecule has 4 heterocycles. The van der Waals surface area contributed by atoms with E-state index < -0.39 is 23.3 Å². The Morgan fingerprint density at radius 2 is 2.18 bits per heavy atom. The number of nitrogens with zero attached hydrogens (tertiary/aromatic N) is 4. The number of fused-ring (bicyclic) bond motifs is 1. The molecular formula is C20H23N6NaO5S2. The van der Waals surface area contributed by atoms with Crippen LogP contribution in [0.4, 0.5) is 0 Å². The third kappa shape index (κ3) is 5.08. The number of carboxylic acid groups (broad SMARTS) is 1. The molecule has 14 heteroatoms. The van der Waals surface area contributed by atoms with E-state index in [0.29, 0.717) is 40.8 Å². The predicted octanol–water partition coefficient (Wildman–Crippen LogP) is -2.68. The van der Waals surface area contributed by atoms with Crippen LogP contribution in [0.1, 0.15) is 20.7 Å². The Hall–Kier alpha value is -1.80. The van der Waals surface area contributed by atoms with Crippen LogP contribution in [0.2, 0.25) is 0 Å². The van der Waals surface area contributed by atoms with Crippen molar-refractivity contribution in [3.8, 4) is 0 Å². The third-order valence-electron chi connectivity index (χ3n) is 6.00. The van der Waals surface area contributed by atoms with Crippen molar-refractivity contribution in [2.24, 2.45) is 5.92 Å². The van der Waals surface area contributed by atoms with Gasteiger partial charge < -0.3 is 16.7 Å². The fraction of sp³-hybridized carbons (Fsp3) is 0.500. The van der Waals surface area contributed by atoms with E-state index in [0.717, 1.165) is 19.4 Å². The first-order chi connectivity index (χ1) is 15.9. The number of hydrogen-bond donors (Lipinski definition) is 3. The molecule has 1 saturated carbocycles. The van der Waals surface area contributed by atoms with Crippen LogP contribution in [0.5, 0.6) is 0 Å². The minimum absolute atomic E-state index is 0. The van der Waals surface area contributed by atoms with Crippen LogP contribution in [0.15, 0.2) is 34.1 Å². The van der Waals surface area contributed by atoms with Crippen molar-refractivity contribution < 1.29 is 55.3 Å². The molecule has 5 rings (SSSR count). The minimum Gasteiger partial charge on any atom is -1.00 e. The number of allylic oxidation sites excluding steroid dienone is 1. The second-order valence-corrected chi connectivity index (χ2v) is 10.4. The first-order valence-corrected chi connectivity index (χ1v) is 12.6. The van der Waals surface area contributed by atoms with Gasteiger partial charge in [-0.25, -0.2) is 4.79 Å². The minimum atomic E-state index is -1.22. The molecule has 3 amide bonds. The van der Waals surface area contributed by atoms with E-state index >= 15 is 0 Å². The largest absolute Gasteiger partial charge is 1.00 e. The van der Waals surface area contributed by atoms with Gasteiger partial charge >= 0.3 is 35.5 Å². The number of aliphatic carboxylic acids is 1. The quantitative estimate of drug-likeness (QED) is 0.146. The Kier molecular flexibility index (Phi) is 7.77. The summed E-state index contributed by atoms with van der Waals surface area (Å²) in [6, 6.07) is -0.786. The SMILES string of the molecule is O=C(CSc1cn[nH]n1)N[C@@H]1C(=O)N2C(C(=O)O)=C(/C=C3\CCN(CC4CC4)C3=O)CS[C@H]12.[H-].[Na+]. The summed E-state index contributed by atoms with van der Waals surface area (Å²) < 4.78 is 0. The summed E-state index contributed by atoms with van der Waals surface area (Å²) in [6.07, 6.45) is 6.03. The molecule has 0 spiro atoms. The van der Waals surface area contributed by atoms with Crippen LogP contribution in [0, 0.1) is 5.92 Å². The second kappa shape index (κ2) is 10.4. The number of likely N-dealkylation sites (tertiary alicyclic amines) is 1. The number of β-lactam (4-membered cyclic amide) rings is 1. The Morgan fingerprint density at radius 1 is 1.38 bits per heavy atom. The molecular weight excluding hydrogens is 491 g/mol. The van der Waals surface area contributed by atoms with Gasteiger partial charge in [0.05, 0.1) is 11.9 Å². The van der Waals surface area contributed by atoms with Crippen LogP contribution in [0.3, 0.4) is 0 Å². The molecule has 2 saturated heterocycles. The number of aromatic amines is 1. The first-order valence-electron chi connectivity index (χ1n) is 10.6. The number of thioether (sulfide) groups is 2. The van der Waals surface area contributed by atoms with E-state index in [-0.39, 0.29) is 54.2 Å². The zero-order valence-electron chi connectivity index (χ0n) is 19.5. The van der Waals surface area contributed by atoms with Crippen molar-refractivity contribution in [1.82, 2.24) is 30.5 Å². The fourth-order valence-corrected chi connectivity index (χ4v) is 6.07. The predicted molar refractivity (Wildman–Crippen MR) is 120 cm³/mol. The third-order valence-corrected chi connectivity index (χ3v) is 8.20. The molecule has 0 aromatic carbocycles. The molecule has 1 aromatic heterocycles. The van der Waals surface area contributed by atoms with Gasteiger partial charge in [0.15, 0.2) is 0 Å². The second-order valence-electron chi connectivity index (χ2n) is 8.35. The van der Waals surface area contributed by atoms with Crippen molar-refractivity contribution in [1.29, 1.82) is 0 Å². The van der Waals surface area contributed by atoms with Gasteiger partial charge in [-0.2, -0.15) is 10.3 Å². The maximum atomic E-state index is 12.8. The van der Waals surface area contributed by atoms with Crippen molar-refractivity contribution in [2.45, 2.75) is 35.7 Å². The first kappa shape index (κ1) is 25.3. The van der Waals surface area contributed by atoms with Gasteiger partial charge in [-0.3, -0.25) is 19.3 Å². The number of carbonyl (C=O) groups excluding carboxylic acids is 3. The molecule has 3 N–H and O–H groups in total. The van der Waals surface area contributed by atoms with Gasteiger partial charge in [-0.1, -0.05) is 11.8 Å². The van der Waals surface area contributed by atoms with Gasteiger partial charge in [0.1, 0.15) is 22.1 Å². The number of amides is 3. The normalized spacial score (nSPS) is 25.2. The van der Waals surface area contributed by atoms with Gasteiger partial charge in [0.25, 0.3) is 5.91 Å². The average Bonchev–Trinajstić information content (AvgIpc) is 3.34. The Balaban J connectivity index is 0.00000171. The molecule has 11 nitrogen and oxygen atoms in total. The number of nitrogens with one attached hydrogen (secondary N) is 2. The van der Waals surface area contributed by atoms with E-state index in [2.05, 4.69) is 20.7 Å². The number of rotatable bonds is 8. The van der Waals surface area contributed by atoms with Crippen LogP contribution in [-0.4, -0.2) is 90.0 Å². The zero-order valence-corrected chi connectivity index (χ0v) is 22.2. The summed E-state index contributed by atoms with van der Waals surface area (Å²) in [6.45, 7) is 1.41. The average molecular weight is 515 g/mol. The van der Waals surface area contributed by atoms with Crippen molar-refractivity contribution in [3.05, 3.63) is 29.1 Å². The molecule has 176 valence electrons.